The molecule has 31 heavy (non-hydrogen) atoms. The van der Waals surface area contributed by atoms with Crippen molar-refractivity contribution < 1.29 is 14.3 Å². The Labute approximate surface area is 186 Å². The first-order valence-corrected chi connectivity index (χ1v) is 11.4. The minimum atomic E-state index is -0.0976. The molecule has 2 amide bonds. The maximum atomic E-state index is 12.9. The summed E-state index contributed by atoms with van der Waals surface area (Å²) in [7, 11) is 1.61. The highest BCUT2D eigenvalue weighted by atomic mass is 32.1. The average molecular weight is 438 g/mol. The predicted molar refractivity (Wildman–Crippen MR) is 123 cm³/mol. The van der Waals surface area contributed by atoms with Gasteiger partial charge >= 0.3 is 0 Å². The summed E-state index contributed by atoms with van der Waals surface area (Å²) in [5.41, 5.74) is 3.22. The molecule has 1 saturated heterocycles. The van der Waals surface area contributed by atoms with Crippen molar-refractivity contribution >= 4 is 33.4 Å². The molecule has 7 heteroatoms. The van der Waals surface area contributed by atoms with Crippen molar-refractivity contribution in [2.75, 3.05) is 33.4 Å². The molecular weight excluding hydrogens is 410 g/mol. The molecule has 162 valence electrons. The zero-order valence-electron chi connectivity index (χ0n) is 17.9. The van der Waals surface area contributed by atoms with Crippen molar-refractivity contribution in [1.82, 2.24) is 15.2 Å². The molecule has 1 aromatic carbocycles. The number of aryl methyl sites for hydroxylation is 1. The number of rotatable bonds is 7. The lowest BCUT2D eigenvalue weighted by molar-refractivity contribution is -0.129. The number of carbonyl (C=O) groups excluding carboxylic acids is 2. The third kappa shape index (κ3) is 4.78. The summed E-state index contributed by atoms with van der Waals surface area (Å²) in [5.74, 6) is 0.166. The smallest absolute Gasteiger partial charge is 0.261 e. The zero-order valence-corrected chi connectivity index (χ0v) is 18.7. The Morgan fingerprint density at radius 3 is 2.97 bits per heavy atom. The van der Waals surface area contributed by atoms with Crippen LogP contribution in [0.15, 0.2) is 42.6 Å². The van der Waals surface area contributed by atoms with Gasteiger partial charge in [0.05, 0.1) is 17.9 Å². The third-order valence-electron chi connectivity index (χ3n) is 5.69. The van der Waals surface area contributed by atoms with Gasteiger partial charge in [-0.05, 0) is 30.5 Å². The molecule has 3 heterocycles. The molecule has 1 N–H and O–H groups in total. The van der Waals surface area contributed by atoms with Crippen LogP contribution < -0.4 is 5.32 Å². The number of methoxy groups -OCH3 is 1. The number of amides is 2. The summed E-state index contributed by atoms with van der Waals surface area (Å²) in [6.45, 7) is 4.30. The summed E-state index contributed by atoms with van der Waals surface area (Å²) < 4.78 is 5.05. The summed E-state index contributed by atoms with van der Waals surface area (Å²) in [4.78, 5) is 33.8. The van der Waals surface area contributed by atoms with E-state index in [4.69, 9.17) is 4.74 Å². The Hall–Kier alpha value is -2.77. The lowest BCUT2D eigenvalue weighted by Crippen LogP contribution is -2.30. The maximum absolute atomic E-state index is 12.9. The van der Waals surface area contributed by atoms with Gasteiger partial charge in [0.25, 0.3) is 5.91 Å². The molecule has 1 aliphatic heterocycles. The van der Waals surface area contributed by atoms with Crippen LogP contribution in [0, 0.1) is 6.92 Å². The van der Waals surface area contributed by atoms with E-state index in [1.807, 2.05) is 42.2 Å². The second-order valence-corrected chi connectivity index (χ2v) is 8.94. The first-order chi connectivity index (χ1) is 15.1. The van der Waals surface area contributed by atoms with Gasteiger partial charge in [-0.25, -0.2) is 4.98 Å². The normalized spacial score (nSPS) is 16.1. The topological polar surface area (TPSA) is 71.5 Å². The van der Waals surface area contributed by atoms with E-state index in [0.717, 1.165) is 33.3 Å². The van der Waals surface area contributed by atoms with Crippen LogP contribution in [0.5, 0.6) is 0 Å². The fourth-order valence-electron chi connectivity index (χ4n) is 4.20. The van der Waals surface area contributed by atoms with Crippen LogP contribution in [0.3, 0.4) is 0 Å². The number of hydrogen-bond acceptors (Lipinski definition) is 5. The van der Waals surface area contributed by atoms with Gasteiger partial charge in [0, 0.05) is 44.2 Å². The van der Waals surface area contributed by atoms with Crippen LogP contribution in [0.2, 0.25) is 0 Å². The largest absolute Gasteiger partial charge is 0.383 e. The Bertz CT molecular complexity index is 1090. The quantitative estimate of drug-likeness (QED) is 0.574. The molecule has 0 unspecified atom stereocenters. The third-order valence-corrected chi connectivity index (χ3v) is 6.82. The SMILES string of the molecule is COCCNC(=O)c1sc2ncccc2c1[C@H]1CCN(C(=O)Cc2cccc(C)c2)C1. The van der Waals surface area contributed by atoms with E-state index in [1.54, 1.807) is 13.3 Å². The molecule has 2 aromatic heterocycles. The van der Waals surface area contributed by atoms with Gasteiger partial charge in [-0.15, -0.1) is 11.3 Å². The number of aromatic nitrogens is 1. The second kappa shape index (κ2) is 9.58. The lowest BCUT2D eigenvalue weighted by Gasteiger charge is -2.17. The Balaban J connectivity index is 1.54. The van der Waals surface area contributed by atoms with Crippen LogP contribution in [0.1, 0.15) is 38.7 Å². The number of nitrogens with one attached hydrogen (secondary N) is 1. The van der Waals surface area contributed by atoms with Crippen LogP contribution in [-0.2, 0) is 16.0 Å². The molecule has 4 rings (SSSR count). The van der Waals surface area contributed by atoms with E-state index in [-0.39, 0.29) is 17.7 Å². The van der Waals surface area contributed by atoms with Gasteiger partial charge in [-0.3, -0.25) is 9.59 Å². The molecule has 1 aliphatic rings. The summed E-state index contributed by atoms with van der Waals surface area (Å²) >= 11 is 1.42. The molecule has 6 nitrogen and oxygen atoms in total. The number of carbonyl (C=O) groups is 2. The van der Waals surface area contributed by atoms with Gasteiger partial charge < -0.3 is 15.0 Å². The van der Waals surface area contributed by atoms with Crippen molar-refractivity contribution in [3.63, 3.8) is 0 Å². The van der Waals surface area contributed by atoms with E-state index in [0.29, 0.717) is 37.5 Å². The molecule has 0 spiro atoms. The summed E-state index contributed by atoms with van der Waals surface area (Å²) in [6, 6.07) is 12.0. The van der Waals surface area contributed by atoms with Gasteiger partial charge in [0.1, 0.15) is 4.83 Å². The minimum absolute atomic E-state index is 0.0976. The summed E-state index contributed by atoms with van der Waals surface area (Å²) in [6.07, 6.45) is 3.00. The number of fused-ring (bicyclic) bond motifs is 1. The molecule has 1 fully saturated rings. The van der Waals surface area contributed by atoms with Crippen molar-refractivity contribution in [3.05, 3.63) is 64.2 Å². The van der Waals surface area contributed by atoms with E-state index < -0.39 is 0 Å². The lowest BCUT2D eigenvalue weighted by atomic mass is 9.95. The first-order valence-electron chi connectivity index (χ1n) is 10.5. The second-order valence-electron chi connectivity index (χ2n) is 7.94. The Morgan fingerprint density at radius 1 is 1.29 bits per heavy atom. The minimum Gasteiger partial charge on any atom is -0.383 e. The van der Waals surface area contributed by atoms with Crippen LogP contribution >= 0.6 is 11.3 Å². The van der Waals surface area contributed by atoms with Crippen molar-refractivity contribution in [1.29, 1.82) is 0 Å². The number of hydrogen-bond donors (Lipinski definition) is 1. The van der Waals surface area contributed by atoms with E-state index in [2.05, 4.69) is 16.4 Å². The molecule has 3 aromatic rings. The summed E-state index contributed by atoms with van der Waals surface area (Å²) in [5, 5.41) is 3.95. The highest BCUT2D eigenvalue weighted by Gasteiger charge is 2.32. The fraction of sp³-hybridized carbons (Fsp3) is 0.375. The van der Waals surface area contributed by atoms with E-state index in [9.17, 15) is 9.59 Å². The molecule has 0 aliphatic carbocycles. The van der Waals surface area contributed by atoms with Gasteiger partial charge in [0.2, 0.25) is 5.91 Å². The molecular formula is C24H27N3O3S. The number of ether oxygens (including phenoxy) is 1. The van der Waals surface area contributed by atoms with Gasteiger partial charge in [-0.2, -0.15) is 0 Å². The maximum Gasteiger partial charge on any atom is 0.261 e. The van der Waals surface area contributed by atoms with Gasteiger partial charge in [-0.1, -0.05) is 35.9 Å². The predicted octanol–water partition coefficient (Wildman–Crippen LogP) is 3.54. The van der Waals surface area contributed by atoms with Crippen molar-refractivity contribution in [2.24, 2.45) is 0 Å². The highest BCUT2D eigenvalue weighted by molar-refractivity contribution is 7.20. The number of thiophene rings is 1. The monoisotopic (exact) mass is 437 g/mol. The number of pyridine rings is 1. The highest BCUT2D eigenvalue weighted by Crippen LogP contribution is 2.39. The van der Waals surface area contributed by atoms with E-state index >= 15 is 0 Å². The van der Waals surface area contributed by atoms with Crippen molar-refractivity contribution in [3.8, 4) is 0 Å². The van der Waals surface area contributed by atoms with E-state index in [1.165, 1.54) is 11.3 Å². The van der Waals surface area contributed by atoms with Crippen LogP contribution in [0.4, 0.5) is 0 Å². The molecule has 0 saturated carbocycles. The molecule has 0 bridgehead atoms. The average Bonchev–Trinajstić information content (AvgIpc) is 3.38. The van der Waals surface area contributed by atoms with Crippen LogP contribution in [-0.4, -0.2) is 55.0 Å². The Kier molecular flexibility index (Phi) is 6.63. The van der Waals surface area contributed by atoms with Crippen LogP contribution in [0.25, 0.3) is 10.2 Å². The Morgan fingerprint density at radius 2 is 2.16 bits per heavy atom. The first kappa shape index (κ1) is 21.5. The van der Waals surface area contributed by atoms with Crippen molar-refractivity contribution in [2.45, 2.75) is 25.7 Å². The standard InChI is InChI=1S/C24H27N3O3S/c1-16-5-3-6-17(13-16)14-20(28)27-11-8-18(15-27)21-19-7-4-9-26-24(19)31-22(21)23(29)25-10-12-30-2/h3-7,9,13,18H,8,10-12,14-15H2,1-2H3,(H,25,29)/t18-/m0/s1. The number of benzene rings is 1. The fourth-order valence-corrected chi connectivity index (χ4v) is 5.35. The number of likely N-dealkylation sites (tertiary alicyclic amines) is 1. The zero-order chi connectivity index (χ0) is 21.8. The number of nitrogens with zero attached hydrogens (tertiary/aromatic N) is 2. The van der Waals surface area contributed by atoms with Gasteiger partial charge in [0.15, 0.2) is 0 Å². The molecule has 1 atom stereocenters. The molecule has 0 radical (unpaired) electrons.